The van der Waals surface area contributed by atoms with Gasteiger partial charge in [-0.25, -0.2) is 4.68 Å². The van der Waals surface area contributed by atoms with Gasteiger partial charge in [0.25, 0.3) is 0 Å². The van der Waals surface area contributed by atoms with Gasteiger partial charge in [-0.2, -0.15) is 0 Å². The molecule has 120 valence electrons. The Kier molecular flexibility index (Phi) is 4.03. The fraction of sp³-hybridized carbons (Fsp3) is 0.0588. The predicted molar refractivity (Wildman–Crippen MR) is 99.3 cm³/mol. The number of hydrogen-bond donors (Lipinski definition) is 1. The molecule has 24 heavy (non-hydrogen) atoms. The Morgan fingerprint density at radius 1 is 1.08 bits per heavy atom. The van der Waals surface area contributed by atoms with Gasteiger partial charge in [-0.1, -0.05) is 39.8 Å². The van der Waals surface area contributed by atoms with Gasteiger partial charge < -0.3 is 4.74 Å². The summed E-state index contributed by atoms with van der Waals surface area (Å²) in [6.07, 6.45) is 0. The SMILES string of the molecule is COc1ccc(C2=CSc3nnc(-c4ccccc4Br)n3N2)cc1. The van der Waals surface area contributed by atoms with Crippen molar-refractivity contribution in [2.45, 2.75) is 5.16 Å². The molecule has 1 aliphatic heterocycles. The lowest BCUT2D eigenvalue weighted by Crippen LogP contribution is -2.18. The molecule has 0 fully saturated rings. The molecule has 1 aromatic heterocycles. The van der Waals surface area contributed by atoms with Crippen LogP contribution in [-0.4, -0.2) is 22.0 Å². The van der Waals surface area contributed by atoms with Crippen LogP contribution in [0.25, 0.3) is 17.1 Å². The number of ether oxygens (including phenoxy) is 1. The number of rotatable bonds is 3. The molecule has 0 bridgehead atoms. The number of thioether (sulfide) groups is 1. The van der Waals surface area contributed by atoms with Gasteiger partial charge in [0.2, 0.25) is 5.16 Å². The molecule has 0 amide bonds. The van der Waals surface area contributed by atoms with E-state index in [0.717, 1.165) is 38.0 Å². The maximum atomic E-state index is 5.21. The number of methoxy groups -OCH3 is 1. The van der Waals surface area contributed by atoms with E-state index in [1.54, 1.807) is 18.9 Å². The lowest BCUT2D eigenvalue weighted by molar-refractivity contribution is 0.415. The van der Waals surface area contributed by atoms with E-state index in [2.05, 4.69) is 31.6 Å². The van der Waals surface area contributed by atoms with Crippen LogP contribution in [-0.2, 0) is 0 Å². The van der Waals surface area contributed by atoms with Crippen molar-refractivity contribution in [1.29, 1.82) is 0 Å². The Bertz CT molecular complexity index is 921. The molecule has 4 rings (SSSR count). The largest absolute Gasteiger partial charge is 0.497 e. The monoisotopic (exact) mass is 400 g/mol. The van der Waals surface area contributed by atoms with E-state index in [1.807, 2.05) is 58.6 Å². The molecule has 1 N–H and O–H groups in total. The van der Waals surface area contributed by atoms with Crippen LogP contribution >= 0.6 is 27.7 Å². The molecule has 0 saturated carbocycles. The molecule has 0 aliphatic carbocycles. The van der Waals surface area contributed by atoms with Crippen LogP contribution in [0.3, 0.4) is 0 Å². The molecule has 1 aliphatic rings. The second kappa shape index (κ2) is 6.33. The van der Waals surface area contributed by atoms with Crippen LogP contribution in [0.4, 0.5) is 0 Å². The maximum absolute atomic E-state index is 5.21. The minimum absolute atomic E-state index is 0.768. The zero-order valence-electron chi connectivity index (χ0n) is 12.7. The summed E-state index contributed by atoms with van der Waals surface area (Å²) in [7, 11) is 1.66. The first-order valence-electron chi connectivity index (χ1n) is 7.25. The minimum atomic E-state index is 0.768. The van der Waals surface area contributed by atoms with E-state index >= 15 is 0 Å². The van der Waals surface area contributed by atoms with Gasteiger partial charge in [0, 0.05) is 21.0 Å². The Labute approximate surface area is 151 Å². The number of nitrogens with one attached hydrogen (secondary N) is 1. The van der Waals surface area contributed by atoms with E-state index in [1.165, 1.54) is 0 Å². The summed E-state index contributed by atoms with van der Waals surface area (Å²) in [6.45, 7) is 0. The molecule has 3 aromatic rings. The van der Waals surface area contributed by atoms with Crippen LogP contribution < -0.4 is 10.2 Å². The summed E-state index contributed by atoms with van der Waals surface area (Å²) in [4.78, 5) is 0. The van der Waals surface area contributed by atoms with Gasteiger partial charge in [-0.15, -0.1) is 10.2 Å². The summed E-state index contributed by atoms with van der Waals surface area (Å²) < 4.78 is 8.10. The summed E-state index contributed by atoms with van der Waals surface area (Å²) in [5.41, 5.74) is 6.44. The fourth-order valence-electron chi connectivity index (χ4n) is 2.43. The van der Waals surface area contributed by atoms with Crippen molar-refractivity contribution in [2.24, 2.45) is 0 Å². The molecule has 0 radical (unpaired) electrons. The zero-order chi connectivity index (χ0) is 16.5. The number of nitrogens with zero attached hydrogens (tertiary/aromatic N) is 3. The van der Waals surface area contributed by atoms with Crippen molar-refractivity contribution < 1.29 is 4.74 Å². The summed E-state index contributed by atoms with van der Waals surface area (Å²) in [5, 5.41) is 11.4. The Morgan fingerprint density at radius 3 is 2.62 bits per heavy atom. The van der Waals surface area contributed by atoms with Crippen molar-refractivity contribution >= 4 is 33.4 Å². The third-order valence-electron chi connectivity index (χ3n) is 3.66. The molecule has 0 spiro atoms. The first-order valence-corrected chi connectivity index (χ1v) is 8.92. The van der Waals surface area contributed by atoms with Crippen LogP contribution in [0, 0.1) is 0 Å². The molecule has 2 aromatic carbocycles. The summed E-state index contributed by atoms with van der Waals surface area (Å²) in [5.74, 6) is 1.60. The highest BCUT2D eigenvalue weighted by Gasteiger charge is 2.20. The second-order valence-corrected chi connectivity index (χ2v) is 6.80. The highest BCUT2D eigenvalue weighted by atomic mass is 79.9. The van der Waals surface area contributed by atoms with Crippen LogP contribution in [0.1, 0.15) is 5.56 Å². The molecule has 0 saturated heterocycles. The van der Waals surface area contributed by atoms with Gasteiger partial charge in [0.15, 0.2) is 5.82 Å². The Balaban J connectivity index is 1.69. The van der Waals surface area contributed by atoms with Crippen molar-refractivity contribution in [3.05, 3.63) is 64.0 Å². The summed E-state index contributed by atoms with van der Waals surface area (Å²) >= 11 is 5.12. The lowest BCUT2D eigenvalue weighted by Gasteiger charge is -2.19. The second-order valence-electron chi connectivity index (χ2n) is 5.11. The van der Waals surface area contributed by atoms with Crippen molar-refractivity contribution in [2.75, 3.05) is 12.5 Å². The Morgan fingerprint density at radius 2 is 1.88 bits per heavy atom. The minimum Gasteiger partial charge on any atom is -0.497 e. The number of fused-ring (bicyclic) bond motifs is 1. The summed E-state index contributed by atoms with van der Waals surface area (Å²) in [6, 6.07) is 15.9. The number of hydrogen-bond acceptors (Lipinski definition) is 5. The Hall–Kier alpha value is -2.25. The van der Waals surface area contributed by atoms with E-state index < -0.39 is 0 Å². The molecule has 0 unspecified atom stereocenters. The van der Waals surface area contributed by atoms with Crippen molar-refractivity contribution in [3.63, 3.8) is 0 Å². The van der Waals surface area contributed by atoms with Gasteiger partial charge in [0.05, 0.1) is 12.8 Å². The molecular formula is C17H13BrN4OS. The number of aromatic nitrogens is 3. The van der Waals surface area contributed by atoms with Crippen LogP contribution in [0.5, 0.6) is 5.75 Å². The van der Waals surface area contributed by atoms with Crippen LogP contribution in [0.2, 0.25) is 0 Å². The number of benzene rings is 2. The lowest BCUT2D eigenvalue weighted by atomic mass is 10.2. The van der Waals surface area contributed by atoms with E-state index in [-0.39, 0.29) is 0 Å². The average molecular weight is 401 g/mol. The third kappa shape index (κ3) is 2.70. The third-order valence-corrected chi connectivity index (χ3v) is 5.18. The highest BCUT2D eigenvalue weighted by Crippen LogP contribution is 2.33. The van der Waals surface area contributed by atoms with E-state index in [4.69, 9.17) is 4.74 Å². The first-order chi connectivity index (χ1) is 11.8. The first kappa shape index (κ1) is 15.3. The normalized spacial score (nSPS) is 13.0. The van der Waals surface area contributed by atoms with E-state index in [0.29, 0.717) is 0 Å². The quantitative estimate of drug-likeness (QED) is 0.707. The molecule has 2 heterocycles. The average Bonchev–Trinajstić information content (AvgIpc) is 3.05. The molecule has 5 nitrogen and oxygen atoms in total. The van der Waals surface area contributed by atoms with Crippen molar-refractivity contribution in [3.8, 4) is 17.1 Å². The smallest absolute Gasteiger partial charge is 0.214 e. The maximum Gasteiger partial charge on any atom is 0.214 e. The van der Waals surface area contributed by atoms with Crippen molar-refractivity contribution in [1.82, 2.24) is 14.9 Å². The van der Waals surface area contributed by atoms with Gasteiger partial charge >= 0.3 is 0 Å². The van der Waals surface area contributed by atoms with Crippen LogP contribution in [0.15, 0.2) is 63.6 Å². The molecular weight excluding hydrogens is 388 g/mol. The standard InChI is InChI=1S/C17H13BrN4OS/c1-23-12-8-6-11(7-9-12)15-10-24-17-20-19-16(22(17)21-15)13-4-2-3-5-14(13)18/h2-10,21H,1H3. The van der Waals surface area contributed by atoms with Gasteiger partial charge in [-0.3, -0.25) is 5.43 Å². The highest BCUT2D eigenvalue weighted by molar-refractivity contribution is 9.10. The van der Waals surface area contributed by atoms with Gasteiger partial charge in [-0.05, 0) is 36.4 Å². The zero-order valence-corrected chi connectivity index (χ0v) is 15.1. The fourth-order valence-corrected chi connectivity index (χ4v) is 3.63. The topological polar surface area (TPSA) is 52.0 Å². The predicted octanol–water partition coefficient (Wildman–Crippen LogP) is 4.36. The molecule has 0 atom stereocenters. The molecule has 7 heteroatoms. The number of halogens is 1. The van der Waals surface area contributed by atoms with Gasteiger partial charge in [0.1, 0.15) is 5.75 Å². The van der Waals surface area contributed by atoms with E-state index in [9.17, 15) is 0 Å².